The Labute approximate surface area is 486 Å². The van der Waals surface area contributed by atoms with Gasteiger partial charge in [0.1, 0.15) is 22.3 Å². The molecule has 398 valence electrons. The van der Waals surface area contributed by atoms with E-state index in [4.69, 9.17) is 8.83 Å². The third kappa shape index (κ3) is 8.78. The van der Waals surface area contributed by atoms with Gasteiger partial charge in [-0.1, -0.05) is 190 Å². The normalized spacial score (nSPS) is 11.5. The second-order valence-corrected chi connectivity index (χ2v) is 21.1. The van der Waals surface area contributed by atoms with Crippen molar-refractivity contribution in [3.63, 3.8) is 0 Å². The molecule has 0 atom stereocenters. The van der Waals surface area contributed by atoms with Crippen molar-refractivity contribution in [3.8, 4) is 67.0 Å². The third-order valence-electron chi connectivity index (χ3n) is 16.2. The van der Waals surface area contributed by atoms with Crippen LogP contribution in [0, 0.1) is 0 Å². The number of fused-ring (bicyclic) bond motifs is 12. The summed E-state index contributed by atoms with van der Waals surface area (Å²) in [6.45, 7) is 4.00. The van der Waals surface area contributed by atoms with Gasteiger partial charge in [-0.3, -0.25) is 4.98 Å². The van der Waals surface area contributed by atoms with Gasteiger partial charge in [0, 0.05) is 55.3 Å². The molecule has 84 heavy (non-hydrogen) atoms. The van der Waals surface area contributed by atoms with E-state index in [1.54, 1.807) is 0 Å². The highest BCUT2D eigenvalue weighted by Gasteiger charge is 2.18. The number of pyridine rings is 1. The molecular formula is C79H55N3O2. The van der Waals surface area contributed by atoms with E-state index in [0.29, 0.717) is 0 Å². The van der Waals surface area contributed by atoms with E-state index in [1.165, 1.54) is 93.8 Å². The minimum absolute atomic E-state index is 0.804. The first-order chi connectivity index (χ1) is 41.6. The van der Waals surface area contributed by atoms with Crippen LogP contribution in [0.4, 0.5) is 0 Å². The van der Waals surface area contributed by atoms with Gasteiger partial charge in [0.25, 0.3) is 0 Å². The molecule has 0 radical (unpaired) electrons. The maximum Gasteiger partial charge on any atom is 0.153 e. The standard InChI is InChI=1S/C42H29N.C35H20N2O2.C2H6/c1-4-12-30(13-5-1)32-16-10-18-34(26-32)36-22-24-41-39(28-36)40-29-37(23-25-42(40)43(41)38-20-8-3-9-21-38)35-19-11-17-33(27-35)31-14-6-2-7-15-31;1-3-8-29-24(6-1)25-7-2-4-9-30(25)37(29)23-13-16-32-27(20-23)26-18-21(11-14-31(26)38-32)22-12-15-33-28(19-22)35-34(39-33)10-5-17-36-35;1-2/h1-29H;1-20H;1-2H3. The lowest BCUT2D eigenvalue weighted by molar-refractivity contribution is 0.668. The lowest BCUT2D eigenvalue weighted by Crippen LogP contribution is -1.93. The molecule has 0 aliphatic rings. The van der Waals surface area contributed by atoms with Crippen LogP contribution in [0.2, 0.25) is 0 Å². The summed E-state index contributed by atoms with van der Waals surface area (Å²) in [5, 5.41) is 8.23. The van der Waals surface area contributed by atoms with Crippen LogP contribution in [0.15, 0.2) is 306 Å². The Kier molecular flexibility index (Phi) is 12.6. The van der Waals surface area contributed by atoms with Gasteiger partial charge in [-0.2, -0.15) is 0 Å². The largest absolute Gasteiger partial charge is 0.456 e. The second kappa shape index (κ2) is 21.1. The van der Waals surface area contributed by atoms with Crippen LogP contribution in [-0.4, -0.2) is 14.1 Å². The number of aromatic nitrogens is 3. The summed E-state index contributed by atoms with van der Waals surface area (Å²) in [7, 11) is 0. The van der Waals surface area contributed by atoms with Gasteiger partial charge in [-0.05, 0) is 171 Å². The predicted molar refractivity (Wildman–Crippen MR) is 352 cm³/mol. The molecule has 0 spiro atoms. The Morgan fingerprint density at radius 2 is 0.619 bits per heavy atom. The summed E-state index contributed by atoms with van der Waals surface area (Å²) in [6.07, 6.45) is 1.81. The van der Waals surface area contributed by atoms with Gasteiger partial charge in [-0.15, -0.1) is 0 Å². The zero-order valence-corrected chi connectivity index (χ0v) is 46.4. The van der Waals surface area contributed by atoms with Crippen LogP contribution in [0.3, 0.4) is 0 Å². The number of benzene rings is 12. The molecule has 5 nitrogen and oxygen atoms in total. The molecule has 5 heterocycles. The highest BCUT2D eigenvalue weighted by atomic mass is 16.3. The van der Waals surface area contributed by atoms with Crippen molar-refractivity contribution in [2.24, 2.45) is 0 Å². The maximum absolute atomic E-state index is 6.27. The Balaban J connectivity index is 0.000000139. The number of hydrogen-bond acceptors (Lipinski definition) is 3. The van der Waals surface area contributed by atoms with E-state index in [2.05, 4.69) is 287 Å². The van der Waals surface area contributed by atoms with Gasteiger partial charge < -0.3 is 18.0 Å². The average Bonchev–Trinajstić information content (AvgIpc) is 2.22. The van der Waals surface area contributed by atoms with E-state index in [-0.39, 0.29) is 0 Å². The van der Waals surface area contributed by atoms with Crippen molar-refractivity contribution in [2.75, 3.05) is 0 Å². The van der Waals surface area contributed by atoms with Gasteiger partial charge in [0.2, 0.25) is 0 Å². The predicted octanol–water partition coefficient (Wildman–Crippen LogP) is 22.1. The fraction of sp³-hybridized carbons (Fsp3) is 0.0253. The maximum atomic E-state index is 6.27. The van der Waals surface area contributed by atoms with Gasteiger partial charge >= 0.3 is 0 Å². The number of furan rings is 2. The van der Waals surface area contributed by atoms with E-state index in [9.17, 15) is 0 Å². The highest BCUT2D eigenvalue weighted by Crippen LogP contribution is 2.41. The monoisotopic (exact) mass is 1080 g/mol. The minimum atomic E-state index is 0.804. The quantitative estimate of drug-likeness (QED) is 0.160. The highest BCUT2D eigenvalue weighted by molar-refractivity contribution is 6.13. The van der Waals surface area contributed by atoms with Gasteiger partial charge in [0.05, 0.1) is 22.1 Å². The summed E-state index contributed by atoms with van der Waals surface area (Å²) in [5.41, 5.74) is 23.4. The number of hydrogen-bond donors (Lipinski definition) is 0. The Morgan fingerprint density at radius 3 is 1.18 bits per heavy atom. The molecule has 0 aliphatic heterocycles. The fourth-order valence-corrected chi connectivity index (χ4v) is 12.3. The zero-order chi connectivity index (χ0) is 56.1. The van der Waals surface area contributed by atoms with Crippen molar-refractivity contribution in [1.29, 1.82) is 0 Å². The van der Waals surface area contributed by atoms with Crippen molar-refractivity contribution in [2.45, 2.75) is 13.8 Å². The molecule has 17 aromatic rings. The molecule has 0 saturated carbocycles. The van der Waals surface area contributed by atoms with Crippen LogP contribution in [0.1, 0.15) is 13.8 Å². The molecule has 0 amide bonds. The van der Waals surface area contributed by atoms with Crippen LogP contribution in [0.5, 0.6) is 0 Å². The second-order valence-electron chi connectivity index (χ2n) is 21.1. The SMILES string of the molecule is CC.c1ccc(-c2cccc(-c3ccc4c(c3)c3cc(-c5cccc(-c6ccccc6)c5)ccc3n4-c3ccccc3)c2)cc1.c1cnc2c(c1)oc1ccc(-c3ccc4oc5ccc(-n6c7ccccc7c7ccccc76)cc5c4c3)cc12. The molecule has 0 unspecified atom stereocenters. The topological polar surface area (TPSA) is 49.0 Å². The first-order valence-electron chi connectivity index (χ1n) is 28.8. The summed E-state index contributed by atoms with van der Waals surface area (Å²) in [4.78, 5) is 4.55. The Hall–Kier alpha value is -11.0. The van der Waals surface area contributed by atoms with Crippen LogP contribution in [0.25, 0.3) is 155 Å². The molecule has 17 rings (SSSR count). The van der Waals surface area contributed by atoms with Crippen LogP contribution in [-0.2, 0) is 0 Å². The van der Waals surface area contributed by atoms with E-state index < -0.39 is 0 Å². The molecule has 5 aromatic heterocycles. The zero-order valence-electron chi connectivity index (χ0n) is 46.4. The lowest BCUT2D eigenvalue weighted by atomic mass is 9.96. The third-order valence-corrected chi connectivity index (χ3v) is 16.2. The number of rotatable bonds is 7. The van der Waals surface area contributed by atoms with E-state index in [1.807, 2.05) is 38.2 Å². The number of para-hydroxylation sites is 3. The molecule has 0 bridgehead atoms. The fourth-order valence-electron chi connectivity index (χ4n) is 12.3. The van der Waals surface area contributed by atoms with Gasteiger partial charge in [-0.25, -0.2) is 0 Å². The van der Waals surface area contributed by atoms with Gasteiger partial charge in [0.15, 0.2) is 5.58 Å². The molecule has 0 aliphatic carbocycles. The first-order valence-corrected chi connectivity index (χ1v) is 28.8. The molecule has 0 fully saturated rings. The Bertz CT molecular complexity index is 5080. The van der Waals surface area contributed by atoms with Crippen LogP contribution >= 0.6 is 0 Å². The van der Waals surface area contributed by atoms with E-state index >= 15 is 0 Å². The molecule has 0 saturated heterocycles. The molecular weight excluding hydrogens is 1020 g/mol. The lowest BCUT2D eigenvalue weighted by Gasteiger charge is -2.09. The summed E-state index contributed by atoms with van der Waals surface area (Å²) in [5.74, 6) is 0. The Morgan fingerprint density at radius 1 is 0.238 bits per heavy atom. The summed E-state index contributed by atoms with van der Waals surface area (Å²) in [6, 6.07) is 104. The number of nitrogens with zero attached hydrogens (tertiary/aromatic N) is 3. The molecule has 0 N–H and O–H groups in total. The molecule has 12 aromatic carbocycles. The van der Waals surface area contributed by atoms with Crippen molar-refractivity contribution < 1.29 is 8.83 Å². The molecule has 5 heteroatoms. The smallest absolute Gasteiger partial charge is 0.153 e. The van der Waals surface area contributed by atoms with Crippen LogP contribution < -0.4 is 0 Å². The van der Waals surface area contributed by atoms with Crippen molar-refractivity contribution in [3.05, 3.63) is 297 Å². The van der Waals surface area contributed by atoms with Crippen molar-refractivity contribution in [1.82, 2.24) is 14.1 Å². The van der Waals surface area contributed by atoms with Crippen molar-refractivity contribution >= 4 is 87.6 Å². The first kappa shape index (κ1) is 50.0. The average molecular weight is 1080 g/mol. The summed E-state index contributed by atoms with van der Waals surface area (Å²) >= 11 is 0. The van der Waals surface area contributed by atoms with E-state index in [0.717, 1.165) is 60.8 Å². The minimum Gasteiger partial charge on any atom is -0.456 e. The summed E-state index contributed by atoms with van der Waals surface area (Å²) < 4.78 is 17.0.